The van der Waals surface area contributed by atoms with Crippen LogP contribution < -0.4 is 5.32 Å². The molecule has 2 unspecified atom stereocenters. The van der Waals surface area contributed by atoms with Crippen LogP contribution in [0.2, 0.25) is 0 Å². The second-order valence-corrected chi connectivity index (χ2v) is 4.77. The van der Waals surface area contributed by atoms with Gasteiger partial charge in [0.15, 0.2) is 0 Å². The predicted molar refractivity (Wildman–Crippen MR) is 67.4 cm³/mol. The molecule has 1 aromatic rings. The van der Waals surface area contributed by atoms with E-state index >= 15 is 0 Å². The molecule has 16 heavy (non-hydrogen) atoms. The topological polar surface area (TPSA) is 24.9 Å². The van der Waals surface area contributed by atoms with Gasteiger partial charge in [0.1, 0.15) is 0 Å². The molecule has 0 bridgehead atoms. The fourth-order valence-electron chi connectivity index (χ4n) is 2.80. The van der Waals surface area contributed by atoms with E-state index < -0.39 is 0 Å². The molecule has 1 aliphatic rings. The molecule has 0 aromatic carbocycles. The Bertz CT molecular complexity index is 295. The van der Waals surface area contributed by atoms with E-state index in [-0.39, 0.29) is 0 Å². The minimum atomic E-state index is 0.721. The third-order valence-electron chi connectivity index (χ3n) is 3.60. The SMILES string of the molecule is CCNC1CCCCC1Cc1cccnc1. The van der Waals surface area contributed by atoms with E-state index in [1.807, 2.05) is 18.5 Å². The van der Waals surface area contributed by atoms with Crippen LogP contribution in [0.4, 0.5) is 0 Å². The monoisotopic (exact) mass is 218 g/mol. The van der Waals surface area contributed by atoms with E-state index in [9.17, 15) is 0 Å². The van der Waals surface area contributed by atoms with Crippen LogP contribution in [0.25, 0.3) is 0 Å². The zero-order chi connectivity index (χ0) is 11.2. The fourth-order valence-corrected chi connectivity index (χ4v) is 2.80. The van der Waals surface area contributed by atoms with Crippen LogP contribution in [-0.2, 0) is 6.42 Å². The highest BCUT2D eigenvalue weighted by molar-refractivity contribution is 5.10. The van der Waals surface area contributed by atoms with Gasteiger partial charge in [0.05, 0.1) is 0 Å². The van der Waals surface area contributed by atoms with E-state index in [1.54, 1.807) is 0 Å². The fraction of sp³-hybridized carbons (Fsp3) is 0.643. The molecule has 1 saturated carbocycles. The third-order valence-corrected chi connectivity index (χ3v) is 3.60. The van der Waals surface area contributed by atoms with Crippen molar-refractivity contribution in [1.29, 1.82) is 0 Å². The molecule has 0 aliphatic heterocycles. The summed E-state index contributed by atoms with van der Waals surface area (Å²) in [4.78, 5) is 4.20. The maximum absolute atomic E-state index is 4.20. The molecule has 2 heteroatoms. The van der Waals surface area contributed by atoms with Crippen LogP contribution in [-0.4, -0.2) is 17.6 Å². The van der Waals surface area contributed by atoms with E-state index in [4.69, 9.17) is 0 Å². The smallest absolute Gasteiger partial charge is 0.0299 e. The van der Waals surface area contributed by atoms with Crippen LogP contribution in [0.3, 0.4) is 0 Å². The summed E-state index contributed by atoms with van der Waals surface area (Å²) in [6, 6.07) is 4.96. The number of rotatable bonds is 4. The zero-order valence-electron chi connectivity index (χ0n) is 10.2. The third kappa shape index (κ3) is 3.05. The predicted octanol–water partition coefficient (Wildman–Crippen LogP) is 2.79. The molecule has 1 heterocycles. The van der Waals surface area contributed by atoms with Gasteiger partial charge in [-0.2, -0.15) is 0 Å². The Morgan fingerprint density at radius 3 is 3.00 bits per heavy atom. The Kier molecular flexibility index (Phi) is 4.34. The summed E-state index contributed by atoms with van der Waals surface area (Å²) in [7, 11) is 0. The van der Waals surface area contributed by atoms with Gasteiger partial charge in [-0.3, -0.25) is 4.98 Å². The Balaban J connectivity index is 1.96. The van der Waals surface area contributed by atoms with Crippen molar-refractivity contribution >= 4 is 0 Å². The maximum atomic E-state index is 4.20. The molecular formula is C14H22N2. The first-order valence-corrected chi connectivity index (χ1v) is 6.52. The normalized spacial score (nSPS) is 25.6. The van der Waals surface area contributed by atoms with Gasteiger partial charge in [-0.15, -0.1) is 0 Å². The first kappa shape index (κ1) is 11.6. The average molecular weight is 218 g/mol. The summed E-state index contributed by atoms with van der Waals surface area (Å²) in [6.07, 6.45) is 10.6. The maximum Gasteiger partial charge on any atom is 0.0299 e. The molecule has 1 N–H and O–H groups in total. The van der Waals surface area contributed by atoms with Crippen LogP contribution in [0.15, 0.2) is 24.5 Å². The number of nitrogens with zero attached hydrogens (tertiary/aromatic N) is 1. The van der Waals surface area contributed by atoms with Crippen molar-refractivity contribution in [2.24, 2.45) is 5.92 Å². The van der Waals surface area contributed by atoms with E-state index in [1.165, 1.54) is 37.7 Å². The highest BCUT2D eigenvalue weighted by Gasteiger charge is 2.24. The Morgan fingerprint density at radius 2 is 2.25 bits per heavy atom. The van der Waals surface area contributed by atoms with Gasteiger partial charge >= 0.3 is 0 Å². The molecular weight excluding hydrogens is 196 g/mol. The van der Waals surface area contributed by atoms with Gasteiger partial charge in [-0.1, -0.05) is 25.8 Å². The lowest BCUT2D eigenvalue weighted by Crippen LogP contribution is -2.39. The van der Waals surface area contributed by atoms with Gasteiger partial charge in [0, 0.05) is 18.4 Å². The lowest BCUT2D eigenvalue weighted by molar-refractivity contribution is 0.264. The Labute approximate surface area is 98.5 Å². The molecule has 1 aromatic heterocycles. The van der Waals surface area contributed by atoms with E-state index in [2.05, 4.69) is 23.3 Å². The number of aromatic nitrogens is 1. The number of nitrogens with one attached hydrogen (secondary N) is 1. The van der Waals surface area contributed by atoms with E-state index in [0.717, 1.165) is 18.5 Å². The Morgan fingerprint density at radius 1 is 1.38 bits per heavy atom. The van der Waals surface area contributed by atoms with Gasteiger partial charge in [0.25, 0.3) is 0 Å². The molecule has 0 spiro atoms. The van der Waals surface area contributed by atoms with Crippen molar-refractivity contribution < 1.29 is 0 Å². The van der Waals surface area contributed by atoms with Crippen LogP contribution in [0.5, 0.6) is 0 Å². The second kappa shape index (κ2) is 6.00. The summed E-state index contributed by atoms with van der Waals surface area (Å²) >= 11 is 0. The summed E-state index contributed by atoms with van der Waals surface area (Å²) in [5.74, 6) is 0.804. The van der Waals surface area contributed by atoms with Crippen molar-refractivity contribution in [2.75, 3.05) is 6.54 Å². The standard InChI is InChI=1S/C14H22N2/c1-2-16-14-8-4-3-7-13(14)10-12-6-5-9-15-11-12/h5-6,9,11,13-14,16H,2-4,7-8,10H2,1H3. The first-order chi connectivity index (χ1) is 7.90. The summed E-state index contributed by atoms with van der Waals surface area (Å²) in [5.41, 5.74) is 1.39. The molecule has 0 radical (unpaired) electrons. The second-order valence-electron chi connectivity index (χ2n) is 4.77. The highest BCUT2D eigenvalue weighted by atomic mass is 14.9. The molecule has 0 amide bonds. The highest BCUT2D eigenvalue weighted by Crippen LogP contribution is 2.27. The quantitative estimate of drug-likeness (QED) is 0.840. The van der Waals surface area contributed by atoms with Crippen LogP contribution in [0, 0.1) is 5.92 Å². The zero-order valence-corrected chi connectivity index (χ0v) is 10.2. The van der Waals surface area contributed by atoms with E-state index in [0.29, 0.717) is 0 Å². The minimum Gasteiger partial charge on any atom is -0.314 e. The van der Waals surface area contributed by atoms with Gasteiger partial charge < -0.3 is 5.32 Å². The van der Waals surface area contributed by atoms with Crippen LogP contribution >= 0.6 is 0 Å². The molecule has 0 saturated heterocycles. The minimum absolute atomic E-state index is 0.721. The molecule has 1 fully saturated rings. The lowest BCUT2D eigenvalue weighted by Gasteiger charge is -2.32. The van der Waals surface area contributed by atoms with Crippen molar-refractivity contribution in [3.8, 4) is 0 Å². The van der Waals surface area contributed by atoms with Gasteiger partial charge in [-0.05, 0) is 43.4 Å². The lowest BCUT2D eigenvalue weighted by atomic mass is 9.81. The molecule has 2 rings (SSSR count). The van der Waals surface area contributed by atoms with Gasteiger partial charge in [0.2, 0.25) is 0 Å². The first-order valence-electron chi connectivity index (χ1n) is 6.52. The Hall–Kier alpha value is -0.890. The average Bonchev–Trinajstić information content (AvgIpc) is 2.33. The van der Waals surface area contributed by atoms with Crippen molar-refractivity contribution in [1.82, 2.24) is 10.3 Å². The molecule has 1 aliphatic carbocycles. The number of hydrogen-bond donors (Lipinski definition) is 1. The summed E-state index contributed by atoms with van der Waals surface area (Å²) < 4.78 is 0. The summed E-state index contributed by atoms with van der Waals surface area (Å²) in [5, 5.41) is 3.63. The summed E-state index contributed by atoms with van der Waals surface area (Å²) in [6.45, 7) is 3.30. The molecule has 2 nitrogen and oxygen atoms in total. The van der Waals surface area contributed by atoms with Crippen molar-refractivity contribution in [3.63, 3.8) is 0 Å². The number of hydrogen-bond acceptors (Lipinski definition) is 2. The largest absolute Gasteiger partial charge is 0.314 e. The van der Waals surface area contributed by atoms with Crippen molar-refractivity contribution in [2.45, 2.75) is 45.1 Å². The molecule has 88 valence electrons. The van der Waals surface area contributed by atoms with Crippen LogP contribution in [0.1, 0.15) is 38.2 Å². The van der Waals surface area contributed by atoms with Gasteiger partial charge in [-0.25, -0.2) is 0 Å². The number of pyridine rings is 1. The van der Waals surface area contributed by atoms with Crippen molar-refractivity contribution in [3.05, 3.63) is 30.1 Å². The molecule has 2 atom stereocenters.